The minimum atomic E-state index is -0.0764. The van der Waals surface area contributed by atoms with Crippen molar-refractivity contribution in [1.29, 1.82) is 0 Å². The van der Waals surface area contributed by atoms with Gasteiger partial charge in [0.25, 0.3) is 0 Å². The number of aryl methyl sites for hydroxylation is 2. The molecule has 1 unspecified atom stereocenters. The van der Waals surface area contributed by atoms with Gasteiger partial charge in [-0.25, -0.2) is 9.97 Å². The highest BCUT2D eigenvalue weighted by atomic mass is 35.5. The van der Waals surface area contributed by atoms with E-state index < -0.39 is 0 Å². The Morgan fingerprint density at radius 1 is 1.42 bits per heavy atom. The number of hydrogen-bond acceptors (Lipinski definition) is 5. The lowest BCUT2D eigenvalue weighted by atomic mass is 10.1. The van der Waals surface area contributed by atoms with E-state index in [1.807, 2.05) is 18.7 Å². The molecular formula is C16H20ClN5O2. The van der Waals surface area contributed by atoms with Crippen molar-refractivity contribution in [2.75, 3.05) is 13.1 Å². The number of H-pyrrole nitrogens is 1. The third-order valence-electron chi connectivity index (χ3n) is 4.24. The van der Waals surface area contributed by atoms with Crippen LogP contribution >= 0.6 is 11.6 Å². The number of aromatic nitrogens is 4. The maximum atomic E-state index is 12.4. The van der Waals surface area contributed by atoms with Gasteiger partial charge in [0, 0.05) is 25.1 Å². The molecule has 1 aliphatic rings. The van der Waals surface area contributed by atoms with Crippen LogP contribution in [0.15, 0.2) is 12.4 Å². The number of carbonyl (C=O) groups excluding carboxylic acids is 1. The van der Waals surface area contributed by atoms with Gasteiger partial charge in [-0.05, 0) is 25.8 Å². The van der Waals surface area contributed by atoms with Crippen molar-refractivity contribution in [3.63, 3.8) is 0 Å². The van der Waals surface area contributed by atoms with Crippen LogP contribution in [0.1, 0.15) is 29.8 Å². The van der Waals surface area contributed by atoms with E-state index in [9.17, 15) is 4.79 Å². The molecular weight excluding hydrogens is 330 g/mol. The highest BCUT2D eigenvalue weighted by Gasteiger charge is 2.28. The van der Waals surface area contributed by atoms with Crippen LogP contribution < -0.4 is 4.74 Å². The molecule has 1 saturated heterocycles. The molecule has 1 fully saturated rings. The van der Waals surface area contributed by atoms with Crippen LogP contribution in [0.3, 0.4) is 0 Å². The first-order chi connectivity index (χ1) is 11.5. The SMILES string of the molecule is Cc1n[nH]c(C)c1CCC(=O)N1CCC(Oc2ncc(Cl)cn2)C1. The molecule has 8 heteroatoms. The number of amides is 1. The largest absolute Gasteiger partial charge is 0.458 e. The number of carbonyl (C=O) groups is 1. The number of likely N-dealkylation sites (tertiary alicyclic amines) is 1. The molecule has 2 aromatic heterocycles. The fourth-order valence-electron chi connectivity index (χ4n) is 2.89. The van der Waals surface area contributed by atoms with Gasteiger partial charge < -0.3 is 9.64 Å². The van der Waals surface area contributed by atoms with E-state index in [1.54, 1.807) is 0 Å². The molecule has 3 heterocycles. The summed E-state index contributed by atoms with van der Waals surface area (Å²) in [6.07, 6.45) is 4.88. The van der Waals surface area contributed by atoms with Gasteiger partial charge in [0.05, 0.1) is 29.7 Å². The molecule has 7 nitrogen and oxygen atoms in total. The third kappa shape index (κ3) is 3.84. The molecule has 0 bridgehead atoms. The molecule has 0 radical (unpaired) electrons. The highest BCUT2D eigenvalue weighted by molar-refractivity contribution is 6.30. The number of halogens is 1. The van der Waals surface area contributed by atoms with Gasteiger partial charge in [0.1, 0.15) is 6.10 Å². The molecule has 3 rings (SSSR count). The number of nitrogens with zero attached hydrogens (tertiary/aromatic N) is 4. The molecule has 0 saturated carbocycles. The van der Waals surface area contributed by atoms with Crippen LogP contribution in [0, 0.1) is 13.8 Å². The van der Waals surface area contributed by atoms with Crippen molar-refractivity contribution in [2.45, 2.75) is 39.2 Å². The van der Waals surface area contributed by atoms with E-state index in [0.717, 1.165) is 23.4 Å². The first-order valence-electron chi connectivity index (χ1n) is 7.95. The fraction of sp³-hybridized carbons (Fsp3) is 0.500. The summed E-state index contributed by atoms with van der Waals surface area (Å²) in [5.41, 5.74) is 3.12. The lowest BCUT2D eigenvalue weighted by Crippen LogP contribution is -2.31. The first-order valence-corrected chi connectivity index (χ1v) is 8.33. The topological polar surface area (TPSA) is 84.0 Å². The molecule has 2 aromatic rings. The van der Waals surface area contributed by atoms with Crippen molar-refractivity contribution < 1.29 is 9.53 Å². The summed E-state index contributed by atoms with van der Waals surface area (Å²) in [5.74, 6) is 0.137. The van der Waals surface area contributed by atoms with Crippen LogP contribution in [-0.4, -0.2) is 50.2 Å². The van der Waals surface area contributed by atoms with Crippen LogP contribution in [0.4, 0.5) is 0 Å². The Kier molecular flexibility index (Phi) is 4.99. The molecule has 1 N–H and O–H groups in total. The average Bonchev–Trinajstić information content (AvgIpc) is 3.15. The number of nitrogens with one attached hydrogen (secondary N) is 1. The van der Waals surface area contributed by atoms with Crippen LogP contribution in [0.5, 0.6) is 6.01 Å². The summed E-state index contributed by atoms with van der Waals surface area (Å²) < 4.78 is 5.71. The van der Waals surface area contributed by atoms with E-state index in [2.05, 4.69) is 20.2 Å². The molecule has 1 aliphatic heterocycles. The summed E-state index contributed by atoms with van der Waals surface area (Å²) in [6, 6.07) is 0.295. The molecule has 128 valence electrons. The Morgan fingerprint density at radius 2 is 2.17 bits per heavy atom. The van der Waals surface area contributed by atoms with Gasteiger partial charge >= 0.3 is 6.01 Å². The second-order valence-electron chi connectivity index (χ2n) is 5.96. The quantitative estimate of drug-likeness (QED) is 0.893. The maximum absolute atomic E-state index is 12.4. The van der Waals surface area contributed by atoms with Crippen LogP contribution in [0.2, 0.25) is 5.02 Å². The third-order valence-corrected chi connectivity index (χ3v) is 4.43. The lowest BCUT2D eigenvalue weighted by Gasteiger charge is -2.16. The molecule has 1 amide bonds. The Hall–Kier alpha value is -2.15. The Labute approximate surface area is 145 Å². The van der Waals surface area contributed by atoms with Gasteiger partial charge in [0.15, 0.2) is 0 Å². The maximum Gasteiger partial charge on any atom is 0.316 e. The van der Waals surface area contributed by atoms with Gasteiger partial charge in [-0.15, -0.1) is 0 Å². The van der Waals surface area contributed by atoms with Crippen molar-refractivity contribution in [1.82, 2.24) is 25.1 Å². The minimum absolute atomic E-state index is 0.0764. The number of aromatic amines is 1. The van der Waals surface area contributed by atoms with Crippen molar-refractivity contribution >= 4 is 17.5 Å². The van der Waals surface area contributed by atoms with E-state index in [4.69, 9.17) is 16.3 Å². The van der Waals surface area contributed by atoms with Crippen LogP contribution in [-0.2, 0) is 11.2 Å². The average molecular weight is 350 g/mol. The highest BCUT2D eigenvalue weighted by Crippen LogP contribution is 2.18. The van der Waals surface area contributed by atoms with Gasteiger partial charge in [-0.1, -0.05) is 11.6 Å². The van der Waals surface area contributed by atoms with Crippen LogP contribution in [0.25, 0.3) is 0 Å². The lowest BCUT2D eigenvalue weighted by molar-refractivity contribution is -0.130. The number of hydrogen-bond donors (Lipinski definition) is 1. The zero-order chi connectivity index (χ0) is 17.1. The Balaban J connectivity index is 1.49. The van der Waals surface area contributed by atoms with Crippen molar-refractivity contribution in [2.24, 2.45) is 0 Å². The summed E-state index contributed by atoms with van der Waals surface area (Å²) in [7, 11) is 0. The Morgan fingerprint density at radius 3 is 2.83 bits per heavy atom. The summed E-state index contributed by atoms with van der Waals surface area (Å²) >= 11 is 5.75. The summed E-state index contributed by atoms with van der Waals surface area (Å²) in [6.45, 7) is 5.19. The predicted molar refractivity (Wildman–Crippen MR) is 89.0 cm³/mol. The standard InChI is InChI=1S/C16H20ClN5O2/c1-10-14(11(2)21-20-10)3-4-15(23)22-6-5-13(9-22)24-16-18-7-12(17)8-19-16/h7-8,13H,3-6,9H2,1-2H3,(H,20,21). The van der Waals surface area contributed by atoms with E-state index >= 15 is 0 Å². The summed E-state index contributed by atoms with van der Waals surface area (Å²) in [4.78, 5) is 22.3. The van der Waals surface area contributed by atoms with E-state index in [0.29, 0.717) is 37.0 Å². The second-order valence-corrected chi connectivity index (χ2v) is 6.40. The summed E-state index contributed by atoms with van der Waals surface area (Å²) in [5, 5.41) is 7.58. The molecule has 24 heavy (non-hydrogen) atoms. The molecule has 0 aromatic carbocycles. The Bertz CT molecular complexity index is 696. The van der Waals surface area contributed by atoms with Gasteiger partial charge in [-0.3, -0.25) is 9.89 Å². The fourth-order valence-corrected chi connectivity index (χ4v) is 2.99. The minimum Gasteiger partial charge on any atom is -0.458 e. The predicted octanol–water partition coefficient (Wildman–Crippen LogP) is 2.08. The van der Waals surface area contributed by atoms with Crippen molar-refractivity contribution in [3.8, 4) is 6.01 Å². The zero-order valence-corrected chi connectivity index (χ0v) is 14.5. The van der Waals surface area contributed by atoms with Crippen molar-refractivity contribution in [3.05, 3.63) is 34.4 Å². The molecule has 1 atom stereocenters. The zero-order valence-electron chi connectivity index (χ0n) is 13.8. The van der Waals surface area contributed by atoms with Gasteiger partial charge in [-0.2, -0.15) is 5.10 Å². The number of rotatable bonds is 5. The molecule has 0 spiro atoms. The number of ether oxygens (including phenoxy) is 1. The second kappa shape index (κ2) is 7.17. The first kappa shape index (κ1) is 16.7. The van der Waals surface area contributed by atoms with E-state index in [-0.39, 0.29) is 12.0 Å². The normalized spacial score (nSPS) is 17.3. The van der Waals surface area contributed by atoms with E-state index in [1.165, 1.54) is 12.4 Å². The molecule has 0 aliphatic carbocycles. The van der Waals surface area contributed by atoms with Gasteiger partial charge in [0.2, 0.25) is 5.91 Å². The monoisotopic (exact) mass is 349 g/mol. The smallest absolute Gasteiger partial charge is 0.316 e.